The van der Waals surface area contributed by atoms with Gasteiger partial charge in [0.2, 0.25) is 5.91 Å². The number of carbonyl (C=O) groups excluding carboxylic acids is 1. The number of thioether (sulfide) groups is 1. The number of aromatic nitrogens is 2. The van der Waals surface area contributed by atoms with Crippen molar-refractivity contribution in [1.82, 2.24) is 15.0 Å². The van der Waals surface area contributed by atoms with Crippen molar-refractivity contribution in [2.45, 2.75) is 17.3 Å². The number of nitrogens with zero attached hydrogens (tertiary/aromatic N) is 2. The van der Waals surface area contributed by atoms with Crippen LogP contribution in [0.3, 0.4) is 0 Å². The first-order chi connectivity index (χ1) is 12.5. The van der Waals surface area contributed by atoms with E-state index < -0.39 is 5.25 Å². The first-order valence-corrected chi connectivity index (χ1v) is 9.69. The molecule has 134 valence electrons. The molecular formula is C18H18N4O2S2. The highest BCUT2D eigenvalue weighted by Crippen LogP contribution is 2.32. The normalized spacial score (nSPS) is 12.0. The van der Waals surface area contributed by atoms with E-state index in [1.807, 2.05) is 35.7 Å². The number of carbonyl (C=O) groups is 1. The van der Waals surface area contributed by atoms with Crippen LogP contribution in [0.4, 0.5) is 0 Å². The van der Waals surface area contributed by atoms with E-state index in [4.69, 9.17) is 5.84 Å². The molecule has 0 unspecified atom stereocenters. The highest BCUT2D eigenvalue weighted by molar-refractivity contribution is 8.00. The number of amides is 1. The maximum Gasteiger partial charge on any atom is 0.282 e. The molecule has 0 bridgehead atoms. The Labute approximate surface area is 158 Å². The second-order valence-corrected chi connectivity index (χ2v) is 7.73. The fourth-order valence-electron chi connectivity index (χ4n) is 2.43. The van der Waals surface area contributed by atoms with Gasteiger partial charge in [-0.25, -0.2) is 9.66 Å². The van der Waals surface area contributed by atoms with Crippen molar-refractivity contribution in [3.63, 3.8) is 0 Å². The van der Waals surface area contributed by atoms with E-state index in [1.165, 1.54) is 11.3 Å². The van der Waals surface area contributed by atoms with Crippen molar-refractivity contribution in [3.05, 3.63) is 58.7 Å². The fraction of sp³-hybridized carbons (Fsp3) is 0.167. The summed E-state index contributed by atoms with van der Waals surface area (Å²) in [5.74, 6) is 5.81. The van der Waals surface area contributed by atoms with E-state index in [2.05, 4.69) is 16.9 Å². The summed E-state index contributed by atoms with van der Waals surface area (Å²) in [4.78, 5) is 29.9. The van der Waals surface area contributed by atoms with E-state index in [0.717, 1.165) is 27.6 Å². The van der Waals surface area contributed by atoms with Crippen molar-refractivity contribution in [2.24, 2.45) is 0 Å². The Morgan fingerprint density at radius 3 is 2.88 bits per heavy atom. The number of hydrogen-bond donors (Lipinski definition) is 2. The number of fused-ring (bicyclic) bond motifs is 1. The van der Waals surface area contributed by atoms with Gasteiger partial charge in [-0.3, -0.25) is 9.59 Å². The molecule has 1 atom stereocenters. The molecule has 3 rings (SSSR count). The third kappa shape index (κ3) is 3.51. The number of nitrogens with one attached hydrogen (secondary N) is 1. The lowest BCUT2D eigenvalue weighted by Crippen LogP contribution is -2.33. The molecule has 0 saturated carbocycles. The van der Waals surface area contributed by atoms with Crippen LogP contribution in [-0.4, -0.2) is 27.4 Å². The average Bonchev–Trinajstić information content (AvgIpc) is 3.08. The third-order valence-corrected chi connectivity index (χ3v) is 5.70. The summed E-state index contributed by atoms with van der Waals surface area (Å²) in [5, 5.41) is 4.99. The van der Waals surface area contributed by atoms with Crippen molar-refractivity contribution < 1.29 is 4.79 Å². The quantitative estimate of drug-likeness (QED) is 0.294. The smallest absolute Gasteiger partial charge is 0.282 e. The lowest BCUT2D eigenvalue weighted by molar-refractivity contribution is -0.120. The molecule has 0 fully saturated rings. The number of nitrogens with two attached hydrogens (primary N) is 1. The van der Waals surface area contributed by atoms with Gasteiger partial charge in [-0.15, -0.1) is 17.9 Å². The largest absolute Gasteiger partial charge is 0.352 e. The molecule has 0 saturated heterocycles. The van der Waals surface area contributed by atoms with E-state index >= 15 is 0 Å². The number of thiophene rings is 1. The standard InChI is InChI=1S/C18H18N4O2S2/c1-3-9-20-15(23)11(2)26-18-21-16-14(17(24)22(18)19)13(10-25-16)12-7-5-4-6-8-12/h3-8,10-11H,1,9,19H2,2H3,(H,20,23)/t11-/m1/s1. The zero-order chi connectivity index (χ0) is 18.7. The van der Waals surface area contributed by atoms with Crippen LogP contribution < -0.4 is 16.7 Å². The second kappa shape index (κ2) is 7.76. The summed E-state index contributed by atoms with van der Waals surface area (Å²) in [6, 6.07) is 9.64. The summed E-state index contributed by atoms with van der Waals surface area (Å²) in [7, 11) is 0. The highest BCUT2D eigenvalue weighted by Gasteiger charge is 2.20. The first-order valence-electron chi connectivity index (χ1n) is 7.93. The molecule has 2 aromatic heterocycles. The molecule has 3 aromatic rings. The van der Waals surface area contributed by atoms with Gasteiger partial charge >= 0.3 is 0 Å². The number of hydrogen-bond acceptors (Lipinski definition) is 6. The van der Waals surface area contributed by atoms with Gasteiger partial charge in [-0.1, -0.05) is 48.2 Å². The monoisotopic (exact) mass is 386 g/mol. The van der Waals surface area contributed by atoms with E-state index in [1.54, 1.807) is 13.0 Å². The van der Waals surface area contributed by atoms with Crippen LogP contribution in [-0.2, 0) is 4.79 Å². The summed E-state index contributed by atoms with van der Waals surface area (Å²) in [6.45, 7) is 5.69. The average molecular weight is 387 g/mol. The summed E-state index contributed by atoms with van der Waals surface area (Å²) in [5.41, 5.74) is 1.43. The molecule has 0 aliphatic heterocycles. The molecule has 2 heterocycles. The zero-order valence-corrected chi connectivity index (χ0v) is 15.8. The molecule has 0 aliphatic carbocycles. The zero-order valence-electron chi connectivity index (χ0n) is 14.1. The van der Waals surface area contributed by atoms with Gasteiger partial charge in [-0.2, -0.15) is 0 Å². The van der Waals surface area contributed by atoms with Crippen LogP contribution in [0, 0.1) is 0 Å². The van der Waals surface area contributed by atoms with Crippen LogP contribution in [0.1, 0.15) is 6.92 Å². The Morgan fingerprint density at radius 2 is 2.19 bits per heavy atom. The minimum atomic E-state index is -0.442. The summed E-state index contributed by atoms with van der Waals surface area (Å²) in [6.07, 6.45) is 1.61. The second-order valence-electron chi connectivity index (χ2n) is 5.56. The predicted molar refractivity (Wildman–Crippen MR) is 108 cm³/mol. The Bertz CT molecular complexity index is 1010. The van der Waals surface area contributed by atoms with Crippen LogP contribution in [0.5, 0.6) is 0 Å². The van der Waals surface area contributed by atoms with Gasteiger partial charge in [0.25, 0.3) is 5.56 Å². The Hall–Kier alpha value is -2.58. The maximum absolute atomic E-state index is 12.8. The van der Waals surface area contributed by atoms with Crippen molar-refractivity contribution in [2.75, 3.05) is 12.4 Å². The number of nitrogen functional groups attached to an aromatic ring is 1. The van der Waals surface area contributed by atoms with Crippen LogP contribution in [0.25, 0.3) is 21.3 Å². The molecule has 0 spiro atoms. The van der Waals surface area contributed by atoms with Crippen LogP contribution >= 0.6 is 23.1 Å². The topological polar surface area (TPSA) is 90.0 Å². The van der Waals surface area contributed by atoms with E-state index in [9.17, 15) is 9.59 Å². The molecule has 6 nitrogen and oxygen atoms in total. The van der Waals surface area contributed by atoms with E-state index in [-0.39, 0.29) is 11.5 Å². The van der Waals surface area contributed by atoms with Crippen LogP contribution in [0.2, 0.25) is 0 Å². The molecule has 8 heteroatoms. The van der Waals surface area contributed by atoms with Gasteiger partial charge < -0.3 is 11.2 Å². The minimum absolute atomic E-state index is 0.166. The predicted octanol–water partition coefficient (Wildman–Crippen LogP) is 2.62. The number of benzene rings is 1. The van der Waals surface area contributed by atoms with Crippen molar-refractivity contribution in [3.8, 4) is 11.1 Å². The highest BCUT2D eigenvalue weighted by atomic mass is 32.2. The summed E-state index contributed by atoms with van der Waals surface area (Å²) >= 11 is 2.54. The van der Waals surface area contributed by atoms with Crippen molar-refractivity contribution in [1.29, 1.82) is 0 Å². The molecule has 0 aliphatic rings. The third-order valence-electron chi connectivity index (χ3n) is 3.76. The van der Waals surface area contributed by atoms with Gasteiger partial charge in [0.15, 0.2) is 5.16 Å². The van der Waals surface area contributed by atoms with Crippen LogP contribution in [0.15, 0.2) is 58.3 Å². The lowest BCUT2D eigenvalue weighted by atomic mass is 10.1. The number of rotatable bonds is 6. The Kier molecular flexibility index (Phi) is 5.43. The Morgan fingerprint density at radius 1 is 1.46 bits per heavy atom. The molecule has 3 N–H and O–H groups in total. The van der Waals surface area contributed by atoms with Crippen molar-refractivity contribution >= 4 is 39.2 Å². The van der Waals surface area contributed by atoms with E-state index in [0.29, 0.717) is 21.9 Å². The van der Waals surface area contributed by atoms with Gasteiger partial charge in [0.1, 0.15) is 4.83 Å². The Balaban J connectivity index is 1.98. The lowest BCUT2D eigenvalue weighted by Gasteiger charge is -2.12. The van der Waals surface area contributed by atoms with Gasteiger partial charge in [0.05, 0.1) is 10.6 Å². The SMILES string of the molecule is C=CCNC(=O)[C@@H](C)Sc1nc2scc(-c3ccccc3)c2c(=O)n1N. The first kappa shape index (κ1) is 18.2. The van der Waals surface area contributed by atoms with Gasteiger partial charge in [0, 0.05) is 17.5 Å². The maximum atomic E-state index is 12.8. The summed E-state index contributed by atoms with van der Waals surface area (Å²) < 4.78 is 1.02. The molecule has 1 amide bonds. The van der Waals surface area contributed by atoms with Gasteiger partial charge in [-0.05, 0) is 12.5 Å². The molecule has 0 radical (unpaired) electrons. The molecular weight excluding hydrogens is 368 g/mol. The molecule has 1 aromatic carbocycles. The minimum Gasteiger partial charge on any atom is -0.352 e. The molecule has 26 heavy (non-hydrogen) atoms. The fourth-order valence-corrected chi connectivity index (χ4v) is 4.27.